The summed E-state index contributed by atoms with van der Waals surface area (Å²) in [5, 5.41) is 13.3. The minimum atomic E-state index is -1.51. The number of hydrogen-bond donors (Lipinski definition) is 1. The van der Waals surface area contributed by atoms with Crippen molar-refractivity contribution in [2.75, 3.05) is 5.33 Å². The van der Waals surface area contributed by atoms with Crippen LogP contribution in [0.25, 0.3) is 0 Å². The lowest BCUT2D eigenvalue weighted by atomic mass is 9.78. The molecule has 1 aliphatic heterocycles. The highest BCUT2D eigenvalue weighted by atomic mass is 79.9. The van der Waals surface area contributed by atoms with Crippen LogP contribution in [-0.2, 0) is 35.8 Å². The average Bonchev–Trinajstić information content (AvgIpc) is 3.44. The Labute approximate surface area is 413 Å². The first-order chi connectivity index (χ1) is 34.1. The fourth-order valence-corrected chi connectivity index (χ4v) is 10.7. The first kappa shape index (κ1) is 46.0. The molecule has 10 rings (SSSR count). The van der Waals surface area contributed by atoms with E-state index >= 15 is 0 Å². The SMILES string of the molecule is O[C@@H]1O[C@@H](CBr)[C@@H](OC(c2ccccc2)(c2ccccc2)c2ccccc2)[C@@H](OC(c2ccccc2)(c2ccccc2)c2ccccc2)[C@@H]1OC(c1ccccc1)(c1ccccc1)c1ccccc1. The lowest BCUT2D eigenvalue weighted by Crippen LogP contribution is -2.65. The molecule has 69 heavy (non-hydrogen) atoms. The summed E-state index contributed by atoms with van der Waals surface area (Å²) in [7, 11) is 0. The summed E-state index contributed by atoms with van der Waals surface area (Å²) in [6, 6.07) is 92.5. The summed E-state index contributed by atoms with van der Waals surface area (Å²) in [4.78, 5) is 0. The van der Waals surface area contributed by atoms with E-state index in [1.165, 1.54) is 0 Å². The van der Waals surface area contributed by atoms with Crippen molar-refractivity contribution in [1.29, 1.82) is 0 Å². The fourth-order valence-electron chi connectivity index (χ4n) is 10.2. The number of aliphatic hydroxyl groups excluding tert-OH is 1. The zero-order valence-corrected chi connectivity index (χ0v) is 39.6. The van der Waals surface area contributed by atoms with Gasteiger partial charge >= 0.3 is 0 Å². The number of rotatable bonds is 16. The maximum absolute atomic E-state index is 13.0. The molecule has 0 saturated carbocycles. The molecule has 0 radical (unpaired) electrons. The molecule has 0 aromatic heterocycles. The van der Waals surface area contributed by atoms with Gasteiger partial charge in [0.15, 0.2) is 6.29 Å². The van der Waals surface area contributed by atoms with E-state index in [9.17, 15) is 5.11 Å². The van der Waals surface area contributed by atoms with Crippen LogP contribution in [0, 0.1) is 0 Å². The quantitative estimate of drug-likeness (QED) is 0.0772. The predicted octanol–water partition coefficient (Wildman–Crippen LogP) is 13.2. The Bertz CT molecular complexity index is 2660. The van der Waals surface area contributed by atoms with Crippen molar-refractivity contribution < 1.29 is 24.1 Å². The number of hydrogen-bond acceptors (Lipinski definition) is 5. The van der Waals surface area contributed by atoms with Gasteiger partial charge in [0.1, 0.15) is 35.1 Å². The van der Waals surface area contributed by atoms with Crippen LogP contribution in [0.3, 0.4) is 0 Å². The van der Waals surface area contributed by atoms with Crippen LogP contribution in [0.4, 0.5) is 0 Å². The normalized spacial score (nSPS) is 18.6. The third kappa shape index (κ3) is 8.81. The van der Waals surface area contributed by atoms with Crippen molar-refractivity contribution in [2.45, 2.75) is 47.5 Å². The van der Waals surface area contributed by atoms with E-state index in [0.717, 1.165) is 50.1 Å². The Morgan fingerprint density at radius 2 is 0.493 bits per heavy atom. The minimum absolute atomic E-state index is 0.298. The highest BCUT2D eigenvalue weighted by molar-refractivity contribution is 9.09. The van der Waals surface area contributed by atoms with Crippen molar-refractivity contribution in [3.8, 4) is 0 Å². The Hall–Kier alpha value is -6.74. The minimum Gasteiger partial charge on any atom is -0.366 e. The monoisotopic (exact) mass is 968 g/mol. The van der Waals surface area contributed by atoms with Gasteiger partial charge in [-0.1, -0.05) is 289 Å². The zero-order chi connectivity index (χ0) is 46.9. The van der Waals surface area contributed by atoms with Gasteiger partial charge in [-0.3, -0.25) is 0 Å². The second kappa shape index (κ2) is 20.9. The number of halogens is 1. The molecular formula is C63H53BrO5. The van der Waals surface area contributed by atoms with Crippen molar-refractivity contribution in [3.63, 3.8) is 0 Å². The molecule has 1 heterocycles. The smallest absolute Gasteiger partial charge is 0.184 e. The second-order valence-electron chi connectivity index (χ2n) is 17.3. The topological polar surface area (TPSA) is 57.2 Å². The van der Waals surface area contributed by atoms with Crippen LogP contribution in [0.5, 0.6) is 0 Å². The van der Waals surface area contributed by atoms with E-state index in [2.05, 4.69) is 125 Å². The molecule has 0 unspecified atom stereocenters. The zero-order valence-electron chi connectivity index (χ0n) is 38.0. The van der Waals surface area contributed by atoms with Crippen LogP contribution >= 0.6 is 15.9 Å². The molecular weight excluding hydrogens is 917 g/mol. The summed E-state index contributed by atoms with van der Waals surface area (Å²) < 4.78 is 31.3. The van der Waals surface area contributed by atoms with Crippen LogP contribution in [0.1, 0.15) is 50.1 Å². The van der Waals surface area contributed by atoms with Gasteiger partial charge < -0.3 is 24.1 Å². The largest absolute Gasteiger partial charge is 0.366 e. The van der Waals surface area contributed by atoms with Crippen LogP contribution in [0.2, 0.25) is 0 Å². The summed E-state index contributed by atoms with van der Waals surface area (Å²) in [5.74, 6) is 0. The second-order valence-corrected chi connectivity index (χ2v) is 18.0. The van der Waals surface area contributed by atoms with Gasteiger partial charge in [0.05, 0.1) is 6.10 Å². The molecule has 5 atom stereocenters. The molecule has 0 bridgehead atoms. The number of ether oxygens (including phenoxy) is 4. The van der Waals surface area contributed by atoms with Gasteiger partial charge in [0.25, 0.3) is 0 Å². The van der Waals surface area contributed by atoms with Gasteiger partial charge in [-0.25, -0.2) is 0 Å². The average molecular weight is 970 g/mol. The molecule has 0 amide bonds. The molecule has 1 aliphatic rings. The molecule has 0 aliphatic carbocycles. The first-order valence-electron chi connectivity index (χ1n) is 23.5. The molecule has 1 saturated heterocycles. The first-order valence-corrected chi connectivity index (χ1v) is 24.6. The van der Waals surface area contributed by atoms with Gasteiger partial charge in [-0.15, -0.1) is 0 Å². The predicted molar refractivity (Wildman–Crippen MR) is 277 cm³/mol. The lowest BCUT2D eigenvalue weighted by molar-refractivity contribution is -0.332. The number of aliphatic hydroxyl groups is 1. The van der Waals surface area contributed by atoms with Crippen molar-refractivity contribution in [1.82, 2.24) is 0 Å². The fraction of sp³-hybridized carbons (Fsp3) is 0.143. The Balaban J connectivity index is 1.29. The Morgan fingerprint density at radius 1 is 0.304 bits per heavy atom. The van der Waals surface area contributed by atoms with Gasteiger partial charge in [0.2, 0.25) is 0 Å². The third-order valence-corrected chi connectivity index (χ3v) is 14.0. The highest BCUT2D eigenvalue weighted by Crippen LogP contribution is 2.50. The van der Waals surface area contributed by atoms with E-state index < -0.39 is 47.5 Å². The molecule has 6 heteroatoms. The van der Waals surface area contributed by atoms with E-state index in [1.54, 1.807) is 0 Å². The van der Waals surface area contributed by atoms with Crippen LogP contribution in [0.15, 0.2) is 273 Å². The summed E-state index contributed by atoms with van der Waals surface area (Å²) >= 11 is 3.88. The van der Waals surface area contributed by atoms with E-state index in [1.807, 2.05) is 164 Å². The van der Waals surface area contributed by atoms with E-state index in [0.29, 0.717) is 5.33 Å². The third-order valence-electron chi connectivity index (χ3n) is 13.3. The summed E-state index contributed by atoms with van der Waals surface area (Å²) in [5.41, 5.74) is 4.17. The number of benzene rings is 9. The lowest BCUT2D eigenvalue weighted by Gasteiger charge is -2.53. The highest BCUT2D eigenvalue weighted by Gasteiger charge is 2.57. The molecule has 5 nitrogen and oxygen atoms in total. The summed E-state index contributed by atoms with van der Waals surface area (Å²) in [6.07, 6.45) is -5.48. The standard InChI is InChI=1S/C63H53BrO5/c64-46-56-57(67-61(47-28-10-1-11-29-47,48-30-12-2-13-31-48)49-32-14-3-15-33-49)58(68-62(50-34-16-4-17-35-50,51-36-18-5-19-37-51)52-38-20-6-21-39-52)59(60(65)66-56)69-63(53-40-22-7-23-41-53,54-42-24-8-25-43-54)55-44-26-9-27-45-55/h1-45,56-60,65H,46H2/t56-,57+,58+,59-,60+/m0/s1. The maximum atomic E-state index is 13.0. The molecule has 1 fully saturated rings. The molecule has 0 spiro atoms. The number of alkyl halides is 1. The Morgan fingerprint density at radius 3 is 0.696 bits per heavy atom. The van der Waals surface area contributed by atoms with Crippen molar-refractivity contribution >= 4 is 15.9 Å². The summed E-state index contributed by atoms with van der Waals surface area (Å²) in [6.45, 7) is 0. The molecule has 9 aromatic rings. The van der Waals surface area contributed by atoms with Crippen LogP contribution in [-0.4, -0.2) is 41.1 Å². The Kier molecular flexibility index (Phi) is 13.9. The van der Waals surface area contributed by atoms with Gasteiger partial charge in [0, 0.05) is 5.33 Å². The molecule has 1 N–H and O–H groups in total. The van der Waals surface area contributed by atoms with Crippen molar-refractivity contribution in [3.05, 3.63) is 323 Å². The maximum Gasteiger partial charge on any atom is 0.184 e. The van der Waals surface area contributed by atoms with Crippen LogP contribution < -0.4 is 0 Å². The van der Waals surface area contributed by atoms with E-state index in [4.69, 9.17) is 18.9 Å². The molecule has 9 aromatic carbocycles. The van der Waals surface area contributed by atoms with Gasteiger partial charge in [-0.05, 0) is 50.1 Å². The van der Waals surface area contributed by atoms with E-state index in [-0.39, 0.29) is 0 Å². The van der Waals surface area contributed by atoms with Crippen molar-refractivity contribution in [2.24, 2.45) is 0 Å². The van der Waals surface area contributed by atoms with Gasteiger partial charge in [-0.2, -0.15) is 0 Å². The molecule has 342 valence electrons.